The minimum absolute atomic E-state index is 0.152. The van der Waals surface area contributed by atoms with Gasteiger partial charge in [0.2, 0.25) is 0 Å². The molecule has 3 rings (SSSR count). The van der Waals surface area contributed by atoms with Crippen LogP contribution in [0.25, 0.3) is 0 Å². The monoisotopic (exact) mass is 310 g/mol. The number of aromatic nitrogens is 2. The van der Waals surface area contributed by atoms with Crippen LogP contribution >= 0.6 is 0 Å². The highest BCUT2D eigenvalue weighted by atomic mass is 16.1. The third-order valence-corrected chi connectivity index (χ3v) is 4.30. The lowest BCUT2D eigenvalue weighted by atomic mass is 9.99. The summed E-state index contributed by atoms with van der Waals surface area (Å²) in [5.74, 6) is 0.636. The minimum Gasteiger partial charge on any atom is -0.371 e. The van der Waals surface area contributed by atoms with Gasteiger partial charge in [-0.25, -0.2) is 0 Å². The molecule has 23 heavy (non-hydrogen) atoms. The fourth-order valence-corrected chi connectivity index (χ4v) is 2.78. The van der Waals surface area contributed by atoms with Gasteiger partial charge in [0.15, 0.2) is 0 Å². The van der Waals surface area contributed by atoms with E-state index in [0.29, 0.717) is 12.2 Å². The highest BCUT2D eigenvalue weighted by Crippen LogP contribution is 2.22. The number of nitrogens with zero attached hydrogens (tertiary/aromatic N) is 3. The summed E-state index contributed by atoms with van der Waals surface area (Å²) in [6.07, 6.45) is 7.58. The second-order valence-electron chi connectivity index (χ2n) is 6.11. The van der Waals surface area contributed by atoms with Gasteiger partial charge in [-0.3, -0.25) is 14.8 Å². The van der Waals surface area contributed by atoms with Gasteiger partial charge in [-0.1, -0.05) is 13.0 Å². The molecule has 0 radical (unpaired) electrons. The van der Waals surface area contributed by atoms with Crippen molar-refractivity contribution in [2.24, 2.45) is 5.92 Å². The fourth-order valence-electron chi connectivity index (χ4n) is 2.78. The summed E-state index contributed by atoms with van der Waals surface area (Å²) in [7, 11) is 0. The third-order valence-electron chi connectivity index (χ3n) is 4.30. The molecular formula is C18H22N4O. The van der Waals surface area contributed by atoms with E-state index in [1.54, 1.807) is 18.6 Å². The number of pyridine rings is 2. The zero-order valence-corrected chi connectivity index (χ0v) is 13.4. The van der Waals surface area contributed by atoms with Crippen molar-refractivity contribution in [2.75, 3.05) is 18.0 Å². The van der Waals surface area contributed by atoms with Crippen LogP contribution in [-0.2, 0) is 6.54 Å². The Morgan fingerprint density at radius 3 is 2.87 bits per heavy atom. The van der Waals surface area contributed by atoms with Crippen molar-refractivity contribution in [1.29, 1.82) is 0 Å². The molecule has 120 valence electrons. The Hall–Kier alpha value is -2.43. The standard InChI is InChI=1S/C18H22N4O/c1-14-5-9-22(10-6-14)16-4-8-20-17(11-16)18(23)21-13-15-3-2-7-19-12-15/h2-4,7-8,11-12,14H,5-6,9-10,13H2,1H3,(H,21,23). The lowest BCUT2D eigenvalue weighted by Gasteiger charge is -2.32. The van der Waals surface area contributed by atoms with Crippen LogP contribution in [0.15, 0.2) is 42.9 Å². The molecule has 1 saturated heterocycles. The highest BCUT2D eigenvalue weighted by molar-refractivity contribution is 5.93. The van der Waals surface area contributed by atoms with Crippen LogP contribution in [0.5, 0.6) is 0 Å². The van der Waals surface area contributed by atoms with Crippen molar-refractivity contribution >= 4 is 11.6 Å². The molecule has 0 aromatic carbocycles. The summed E-state index contributed by atoms with van der Waals surface area (Å²) in [6, 6.07) is 7.66. The lowest BCUT2D eigenvalue weighted by molar-refractivity contribution is 0.0946. The van der Waals surface area contributed by atoms with Gasteiger partial charge in [0.1, 0.15) is 5.69 Å². The largest absolute Gasteiger partial charge is 0.371 e. The van der Waals surface area contributed by atoms with Crippen LogP contribution in [-0.4, -0.2) is 29.0 Å². The average Bonchev–Trinajstić information content (AvgIpc) is 2.61. The van der Waals surface area contributed by atoms with Crippen LogP contribution in [0.1, 0.15) is 35.8 Å². The van der Waals surface area contributed by atoms with E-state index in [9.17, 15) is 4.79 Å². The number of carbonyl (C=O) groups excluding carboxylic acids is 1. The third kappa shape index (κ3) is 4.06. The maximum atomic E-state index is 12.3. The molecule has 5 heteroatoms. The molecule has 0 saturated carbocycles. The van der Waals surface area contributed by atoms with E-state index in [-0.39, 0.29) is 5.91 Å². The number of anilines is 1. The van der Waals surface area contributed by atoms with E-state index >= 15 is 0 Å². The number of nitrogens with one attached hydrogen (secondary N) is 1. The Balaban J connectivity index is 1.63. The van der Waals surface area contributed by atoms with Crippen LogP contribution in [0, 0.1) is 5.92 Å². The second-order valence-corrected chi connectivity index (χ2v) is 6.11. The molecule has 1 amide bonds. The van der Waals surface area contributed by atoms with Crippen molar-refractivity contribution in [2.45, 2.75) is 26.3 Å². The molecule has 1 N–H and O–H groups in total. The molecule has 5 nitrogen and oxygen atoms in total. The Morgan fingerprint density at radius 1 is 1.30 bits per heavy atom. The van der Waals surface area contributed by atoms with Crippen LogP contribution in [0.4, 0.5) is 5.69 Å². The first kappa shape index (κ1) is 15.5. The summed E-state index contributed by atoms with van der Waals surface area (Å²) in [4.78, 5) is 22.9. The average molecular weight is 310 g/mol. The van der Waals surface area contributed by atoms with E-state index in [4.69, 9.17) is 0 Å². The molecule has 0 aliphatic carbocycles. The quantitative estimate of drug-likeness (QED) is 0.943. The van der Waals surface area contributed by atoms with E-state index in [1.807, 2.05) is 24.3 Å². The minimum atomic E-state index is -0.152. The SMILES string of the molecule is CC1CCN(c2ccnc(C(=O)NCc3cccnc3)c2)CC1. The summed E-state index contributed by atoms with van der Waals surface area (Å²) < 4.78 is 0. The Kier molecular flexibility index (Phi) is 4.86. The molecule has 0 spiro atoms. The Labute approximate surface area is 136 Å². The normalized spacial score (nSPS) is 15.4. The Morgan fingerprint density at radius 2 is 2.13 bits per heavy atom. The molecule has 2 aromatic rings. The first-order valence-corrected chi connectivity index (χ1v) is 8.10. The molecule has 3 heterocycles. The zero-order valence-electron chi connectivity index (χ0n) is 13.4. The lowest BCUT2D eigenvalue weighted by Crippen LogP contribution is -2.33. The number of amides is 1. The molecule has 1 fully saturated rings. The molecule has 0 atom stereocenters. The van der Waals surface area contributed by atoms with Crippen molar-refractivity contribution in [3.05, 3.63) is 54.1 Å². The van der Waals surface area contributed by atoms with Crippen LogP contribution in [0.2, 0.25) is 0 Å². The Bertz CT molecular complexity index is 651. The van der Waals surface area contributed by atoms with Gasteiger partial charge in [-0.2, -0.15) is 0 Å². The molecule has 0 bridgehead atoms. The molecule has 2 aromatic heterocycles. The number of piperidine rings is 1. The molecule has 1 aliphatic heterocycles. The highest BCUT2D eigenvalue weighted by Gasteiger charge is 2.17. The van der Waals surface area contributed by atoms with Gasteiger partial charge >= 0.3 is 0 Å². The first-order chi connectivity index (χ1) is 11.2. The zero-order chi connectivity index (χ0) is 16.1. The number of carbonyl (C=O) groups is 1. The summed E-state index contributed by atoms with van der Waals surface area (Å²) >= 11 is 0. The van der Waals surface area contributed by atoms with Crippen LogP contribution < -0.4 is 10.2 Å². The van der Waals surface area contributed by atoms with Gasteiger partial charge in [-0.05, 0) is 42.5 Å². The van der Waals surface area contributed by atoms with Gasteiger partial charge in [0.25, 0.3) is 5.91 Å². The van der Waals surface area contributed by atoms with Gasteiger partial charge in [0.05, 0.1) is 0 Å². The van der Waals surface area contributed by atoms with Crippen molar-refractivity contribution in [3.8, 4) is 0 Å². The number of hydrogen-bond donors (Lipinski definition) is 1. The molecule has 0 unspecified atom stereocenters. The first-order valence-electron chi connectivity index (χ1n) is 8.10. The predicted octanol–water partition coefficient (Wildman–Crippen LogP) is 2.64. The number of rotatable bonds is 4. The van der Waals surface area contributed by atoms with Crippen molar-refractivity contribution in [1.82, 2.24) is 15.3 Å². The van der Waals surface area contributed by atoms with Crippen LogP contribution in [0.3, 0.4) is 0 Å². The van der Waals surface area contributed by atoms with E-state index in [1.165, 1.54) is 12.8 Å². The van der Waals surface area contributed by atoms with Gasteiger partial charge in [0, 0.05) is 43.9 Å². The predicted molar refractivity (Wildman–Crippen MR) is 90.3 cm³/mol. The molecule has 1 aliphatic rings. The summed E-state index contributed by atoms with van der Waals surface area (Å²) in [6.45, 7) is 4.84. The summed E-state index contributed by atoms with van der Waals surface area (Å²) in [5.41, 5.74) is 2.52. The number of hydrogen-bond acceptors (Lipinski definition) is 4. The second kappa shape index (κ2) is 7.22. The maximum Gasteiger partial charge on any atom is 0.270 e. The summed E-state index contributed by atoms with van der Waals surface area (Å²) in [5, 5.41) is 2.89. The van der Waals surface area contributed by atoms with Crippen molar-refractivity contribution < 1.29 is 4.79 Å². The fraction of sp³-hybridized carbons (Fsp3) is 0.389. The van der Waals surface area contributed by atoms with Gasteiger partial charge < -0.3 is 10.2 Å². The smallest absolute Gasteiger partial charge is 0.270 e. The van der Waals surface area contributed by atoms with E-state index in [2.05, 4.69) is 27.1 Å². The topological polar surface area (TPSA) is 58.1 Å². The molecular weight excluding hydrogens is 288 g/mol. The maximum absolute atomic E-state index is 12.3. The van der Waals surface area contributed by atoms with Gasteiger partial charge in [-0.15, -0.1) is 0 Å². The van der Waals surface area contributed by atoms with Crippen molar-refractivity contribution in [3.63, 3.8) is 0 Å². The van der Waals surface area contributed by atoms with E-state index in [0.717, 1.165) is 30.3 Å². The van der Waals surface area contributed by atoms with E-state index < -0.39 is 0 Å².